The molecule has 128 valence electrons. The van der Waals surface area contributed by atoms with Gasteiger partial charge in [-0.25, -0.2) is 0 Å². The van der Waals surface area contributed by atoms with Crippen LogP contribution >= 0.6 is 0 Å². The van der Waals surface area contributed by atoms with Gasteiger partial charge in [0.2, 0.25) is 5.91 Å². The van der Waals surface area contributed by atoms with E-state index in [1.165, 1.54) is 5.56 Å². The lowest BCUT2D eigenvalue weighted by molar-refractivity contribution is -0.116. The summed E-state index contributed by atoms with van der Waals surface area (Å²) >= 11 is 0. The standard InChI is InChI=1S/C19H26N4O/c1-14-5-6-18(15(2)11-14)22-19(24)7-10-23(4)16(3)12-17-13-20-8-9-21-17/h5-6,8-9,11,13,16H,7,10,12H2,1-4H3,(H,22,24)/t16-/m0/s1. The van der Waals surface area contributed by atoms with E-state index in [1.807, 2.05) is 33.0 Å². The summed E-state index contributed by atoms with van der Waals surface area (Å²) in [6.45, 7) is 6.90. The van der Waals surface area contributed by atoms with E-state index in [4.69, 9.17) is 0 Å². The average molecular weight is 326 g/mol. The number of rotatable bonds is 7. The van der Waals surface area contributed by atoms with Crippen LogP contribution in [0.3, 0.4) is 0 Å². The number of benzene rings is 1. The molecule has 1 aromatic carbocycles. The first-order chi connectivity index (χ1) is 11.5. The van der Waals surface area contributed by atoms with E-state index in [9.17, 15) is 4.79 Å². The van der Waals surface area contributed by atoms with Gasteiger partial charge < -0.3 is 10.2 Å². The zero-order chi connectivity index (χ0) is 17.5. The summed E-state index contributed by atoms with van der Waals surface area (Å²) in [5.41, 5.74) is 4.15. The second-order valence-corrected chi connectivity index (χ2v) is 6.35. The Bertz CT molecular complexity index is 672. The summed E-state index contributed by atoms with van der Waals surface area (Å²) in [6.07, 6.45) is 6.46. The Balaban J connectivity index is 1.80. The van der Waals surface area contributed by atoms with E-state index in [0.29, 0.717) is 19.0 Å². The molecule has 1 heterocycles. The van der Waals surface area contributed by atoms with Crippen molar-refractivity contribution >= 4 is 11.6 Å². The van der Waals surface area contributed by atoms with Crippen molar-refractivity contribution in [1.29, 1.82) is 0 Å². The van der Waals surface area contributed by atoms with Crippen molar-refractivity contribution in [3.63, 3.8) is 0 Å². The number of carbonyl (C=O) groups excluding carboxylic acids is 1. The second kappa shape index (κ2) is 8.55. The average Bonchev–Trinajstić information content (AvgIpc) is 2.56. The molecule has 1 N–H and O–H groups in total. The summed E-state index contributed by atoms with van der Waals surface area (Å²) in [5, 5.41) is 2.99. The van der Waals surface area contributed by atoms with Crippen LogP contribution in [-0.4, -0.2) is 40.4 Å². The van der Waals surface area contributed by atoms with Gasteiger partial charge in [0.25, 0.3) is 0 Å². The molecule has 2 rings (SSSR count). The molecule has 5 heteroatoms. The monoisotopic (exact) mass is 326 g/mol. The maximum Gasteiger partial charge on any atom is 0.225 e. The van der Waals surface area contributed by atoms with Gasteiger partial charge in [-0.1, -0.05) is 17.7 Å². The number of nitrogens with zero attached hydrogens (tertiary/aromatic N) is 3. The van der Waals surface area contributed by atoms with Crippen molar-refractivity contribution < 1.29 is 4.79 Å². The predicted octanol–water partition coefficient (Wildman–Crippen LogP) is 2.99. The normalized spacial score (nSPS) is 12.2. The van der Waals surface area contributed by atoms with Crippen LogP contribution in [0.4, 0.5) is 5.69 Å². The number of aromatic nitrogens is 2. The molecular weight excluding hydrogens is 300 g/mol. The Kier molecular flexibility index (Phi) is 6.44. The maximum atomic E-state index is 12.2. The predicted molar refractivity (Wildman–Crippen MR) is 97.0 cm³/mol. The van der Waals surface area contributed by atoms with Gasteiger partial charge in [-0.3, -0.25) is 14.8 Å². The fraction of sp³-hybridized carbons (Fsp3) is 0.421. The number of aryl methyl sites for hydroxylation is 2. The Morgan fingerprint density at radius 1 is 1.29 bits per heavy atom. The topological polar surface area (TPSA) is 58.1 Å². The van der Waals surface area contributed by atoms with Crippen molar-refractivity contribution in [3.05, 3.63) is 53.6 Å². The van der Waals surface area contributed by atoms with Crippen molar-refractivity contribution in [2.75, 3.05) is 18.9 Å². The van der Waals surface area contributed by atoms with Crippen LogP contribution in [0.25, 0.3) is 0 Å². The molecule has 0 aliphatic rings. The van der Waals surface area contributed by atoms with Crippen molar-refractivity contribution in [2.45, 2.75) is 39.7 Å². The summed E-state index contributed by atoms with van der Waals surface area (Å²) in [4.78, 5) is 22.7. The summed E-state index contributed by atoms with van der Waals surface area (Å²) in [6, 6.07) is 6.35. The molecule has 0 fully saturated rings. The fourth-order valence-corrected chi connectivity index (χ4v) is 2.56. The van der Waals surface area contributed by atoms with Gasteiger partial charge in [-0.05, 0) is 39.4 Å². The molecule has 0 bridgehead atoms. The minimum absolute atomic E-state index is 0.0421. The molecule has 1 atom stereocenters. The van der Waals surface area contributed by atoms with E-state index < -0.39 is 0 Å². The maximum absolute atomic E-state index is 12.2. The highest BCUT2D eigenvalue weighted by atomic mass is 16.1. The smallest absolute Gasteiger partial charge is 0.225 e. The number of hydrogen-bond acceptors (Lipinski definition) is 4. The lowest BCUT2D eigenvalue weighted by Gasteiger charge is -2.24. The van der Waals surface area contributed by atoms with Gasteiger partial charge in [0, 0.05) is 49.7 Å². The third kappa shape index (κ3) is 5.42. The lowest BCUT2D eigenvalue weighted by atomic mass is 10.1. The highest BCUT2D eigenvalue weighted by Crippen LogP contribution is 2.16. The quantitative estimate of drug-likeness (QED) is 0.850. The zero-order valence-corrected chi connectivity index (χ0v) is 14.9. The number of hydrogen-bond donors (Lipinski definition) is 1. The van der Waals surface area contributed by atoms with Gasteiger partial charge >= 0.3 is 0 Å². The third-order valence-corrected chi connectivity index (χ3v) is 4.22. The van der Waals surface area contributed by atoms with E-state index in [0.717, 1.165) is 23.4 Å². The van der Waals surface area contributed by atoms with Crippen LogP contribution in [-0.2, 0) is 11.2 Å². The largest absolute Gasteiger partial charge is 0.326 e. The number of nitrogens with one attached hydrogen (secondary N) is 1. The number of likely N-dealkylation sites (N-methyl/N-ethyl adjacent to an activating group) is 1. The van der Waals surface area contributed by atoms with E-state index in [-0.39, 0.29) is 5.91 Å². The van der Waals surface area contributed by atoms with E-state index in [2.05, 4.69) is 33.2 Å². The van der Waals surface area contributed by atoms with E-state index >= 15 is 0 Å². The molecule has 2 aromatic rings. The van der Waals surface area contributed by atoms with Gasteiger partial charge in [0.05, 0.1) is 5.69 Å². The molecule has 0 saturated heterocycles. The molecule has 0 spiro atoms. The van der Waals surface area contributed by atoms with Crippen LogP contribution in [0.1, 0.15) is 30.2 Å². The van der Waals surface area contributed by atoms with Crippen LogP contribution in [0.15, 0.2) is 36.8 Å². The third-order valence-electron chi connectivity index (χ3n) is 4.22. The second-order valence-electron chi connectivity index (χ2n) is 6.35. The Labute approximate surface area is 144 Å². The van der Waals surface area contributed by atoms with Gasteiger partial charge in [-0.2, -0.15) is 0 Å². The first-order valence-electron chi connectivity index (χ1n) is 8.28. The van der Waals surface area contributed by atoms with Crippen molar-refractivity contribution in [1.82, 2.24) is 14.9 Å². The molecule has 5 nitrogen and oxygen atoms in total. The minimum atomic E-state index is 0.0421. The lowest BCUT2D eigenvalue weighted by Crippen LogP contribution is -2.33. The molecule has 0 saturated carbocycles. The zero-order valence-electron chi connectivity index (χ0n) is 14.9. The van der Waals surface area contributed by atoms with Crippen LogP contribution in [0.5, 0.6) is 0 Å². The van der Waals surface area contributed by atoms with Crippen LogP contribution < -0.4 is 5.32 Å². The first-order valence-corrected chi connectivity index (χ1v) is 8.28. The highest BCUT2D eigenvalue weighted by molar-refractivity contribution is 5.91. The molecule has 1 aromatic heterocycles. The molecule has 1 amide bonds. The SMILES string of the molecule is Cc1ccc(NC(=O)CCN(C)[C@@H](C)Cc2cnccn2)c(C)c1. The van der Waals surface area contributed by atoms with Crippen molar-refractivity contribution in [3.8, 4) is 0 Å². The van der Waals surface area contributed by atoms with Crippen LogP contribution in [0, 0.1) is 13.8 Å². The van der Waals surface area contributed by atoms with E-state index in [1.54, 1.807) is 18.6 Å². The number of carbonyl (C=O) groups is 1. The molecular formula is C19H26N4O. The first kappa shape index (κ1) is 18.1. The van der Waals surface area contributed by atoms with Gasteiger partial charge in [-0.15, -0.1) is 0 Å². The molecule has 0 aliphatic heterocycles. The highest BCUT2D eigenvalue weighted by Gasteiger charge is 2.13. The molecule has 0 radical (unpaired) electrons. The Morgan fingerprint density at radius 2 is 2.08 bits per heavy atom. The van der Waals surface area contributed by atoms with Crippen molar-refractivity contribution in [2.24, 2.45) is 0 Å². The molecule has 24 heavy (non-hydrogen) atoms. The van der Waals surface area contributed by atoms with Crippen LogP contribution in [0.2, 0.25) is 0 Å². The Morgan fingerprint density at radius 3 is 2.75 bits per heavy atom. The number of amides is 1. The van der Waals surface area contributed by atoms with Gasteiger partial charge in [0.15, 0.2) is 0 Å². The fourth-order valence-electron chi connectivity index (χ4n) is 2.56. The summed E-state index contributed by atoms with van der Waals surface area (Å²) in [7, 11) is 2.03. The summed E-state index contributed by atoms with van der Waals surface area (Å²) < 4.78 is 0. The Hall–Kier alpha value is -2.27. The molecule has 0 unspecified atom stereocenters. The molecule has 0 aliphatic carbocycles. The minimum Gasteiger partial charge on any atom is -0.326 e. The summed E-state index contributed by atoms with van der Waals surface area (Å²) in [5.74, 6) is 0.0421. The number of anilines is 1. The van der Waals surface area contributed by atoms with Gasteiger partial charge in [0.1, 0.15) is 0 Å².